The minimum atomic E-state index is -0.650. The van der Waals surface area contributed by atoms with Crippen molar-refractivity contribution in [1.82, 2.24) is 0 Å². The van der Waals surface area contributed by atoms with E-state index in [1.54, 1.807) is 0 Å². The zero-order valence-electron chi connectivity index (χ0n) is 10.2. The van der Waals surface area contributed by atoms with Crippen LogP contribution in [0, 0.1) is 5.41 Å². The molecule has 0 aromatic rings. The molecule has 0 amide bonds. The van der Waals surface area contributed by atoms with Crippen LogP contribution in [0.15, 0.2) is 0 Å². The van der Waals surface area contributed by atoms with Gasteiger partial charge in [0, 0.05) is 19.3 Å². The molecular weight excluding hydrogens is 220 g/mol. The van der Waals surface area contributed by atoms with E-state index in [1.807, 2.05) is 6.92 Å². The van der Waals surface area contributed by atoms with Crippen LogP contribution < -0.4 is 0 Å². The number of ketones is 1. The predicted molar refractivity (Wildman–Crippen MR) is 58.4 cm³/mol. The molecule has 4 nitrogen and oxygen atoms in total. The maximum Gasteiger partial charge on any atom is 0.181 e. The summed E-state index contributed by atoms with van der Waals surface area (Å²) in [5.74, 6) is -0.360. The fourth-order valence-corrected chi connectivity index (χ4v) is 4.02. The van der Waals surface area contributed by atoms with Crippen LogP contribution in [0.3, 0.4) is 0 Å². The van der Waals surface area contributed by atoms with Crippen LogP contribution in [0.1, 0.15) is 39.0 Å². The molecule has 94 valence electrons. The smallest absolute Gasteiger partial charge is 0.181 e. The highest BCUT2D eigenvalue weighted by Crippen LogP contribution is 2.60. The van der Waals surface area contributed by atoms with E-state index in [-0.39, 0.29) is 11.7 Å². The van der Waals surface area contributed by atoms with E-state index >= 15 is 0 Å². The Morgan fingerprint density at radius 1 is 1.35 bits per heavy atom. The third-order valence-electron chi connectivity index (χ3n) is 5.17. The van der Waals surface area contributed by atoms with Crippen molar-refractivity contribution in [3.05, 3.63) is 0 Å². The SMILES string of the molecule is CC12CC3(CO3)C3CCOC1(CCCC2=O)O3. The Balaban J connectivity index is 1.80. The highest BCUT2D eigenvalue weighted by molar-refractivity contribution is 5.87. The average Bonchev–Trinajstić information content (AvgIpc) is 3.07. The first-order valence-electron chi connectivity index (χ1n) is 6.59. The van der Waals surface area contributed by atoms with Gasteiger partial charge in [-0.3, -0.25) is 4.79 Å². The Morgan fingerprint density at radius 2 is 2.18 bits per heavy atom. The molecule has 0 radical (unpaired) electrons. The summed E-state index contributed by atoms with van der Waals surface area (Å²) < 4.78 is 17.8. The van der Waals surface area contributed by atoms with Gasteiger partial charge in [-0.05, 0) is 19.8 Å². The van der Waals surface area contributed by atoms with Gasteiger partial charge < -0.3 is 14.2 Å². The van der Waals surface area contributed by atoms with Crippen LogP contribution in [0.4, 0.5) is 0 Å². The fourth-order valence-electron chi connectivity index (χ4n) is 4.02. The summed E-state index contributed by atoms with van der Waals surface area (Å²) in [7, 11) is 0. The molecule has 4 fully saturated rings. The van der Waals surface area contributed by atoms with Crippen molar-refractivity contribution in [3.8, 4) is 0 Å². The highest BCUT2D eigenvalue weighted by Gasteiger charge is 2.71. The second-order valence-electron chi connectivity index (χ2n) is 6.14. The molecule has 4 unspecified atom stereocenters. The van der Waals surface area contributed by atoms with Gasteiger partial charge in [-0.15, -0.1) is 0 Å². The summed E-state index contributed by atoms with van der Waals surface area (Å²) in [6.45, 7) is 3.45. The molecular formula is C13H18O4. The zero-order chi connectivity index (χ0) is 11.7. The second-order valence-corrected chi connectivity index (χ2v) is 6.14. The molecule has 3 heterocycles. The summed E-state index contributed by atoms with van der Waals surface area (Å²) in [5, 5.41) is 0. The fraction of sp³-hybridized carbons (Fsp3) is 0.923. The van der Waals surface area contributed by atoms with Crippen LogP contribution in [-0.4, -0.2) is 36.5 Å². The first-order chi connectivity index (χ1) is 8.10. The Bertz CT molecular complexity index is 385. The van der Waals surface area contributed by atoms with E-state index in [4.69, 9.17) is 14.2 Å². The van der Waals surface area contributed by atoms with E-state index < -0.39 is 11.2 Å². The van der Waals surface area contributed by atoms with Crippen molar-refractivity contribution in [2.45, 2.75) is 56.5 Å². The van der Waals surface area contributed by atoms with E-state index in [0.29, 0.717) is 18.8 Å². The van der Waals surface area contributed by atoms with E-state index in [2.05, 4.69) is 0 Å². The van der Waals surface area contributed by atoms with E-state index in [9.17, 15) is 4.79 Å². The van der Waals surface area contributed by atoms with Gasteiger partial charge in [0.25, 0.3) is 0 Å². The van der Waals surface area contributed by atoms with Gasteiger partial charge in [0.15, 0.2) is 5.79 Å². The minimum absolute atomic E-state index is 0.134. The maximum absolute atomic E-state index is 12.3. The lowest BCUT2D eigenvalue weighted by Gasteiger charge is -2.58. The number of rotatable bonds is 0. The maximum atomic E-state index is 12.3. The lowest BCUT2D eigenvalue weighted by molar-refractivity contribution is -0.374. The Hall–Kier alpha value is -0.450. The largest absolute Gasteiger partial charge is 0.367 e. The molecule has 3 saturated heterocycles. The van der Waals surface area contributed by atoms with Crippen LogP contribution in [0.5, 0.6) is 0 Å². The summed E-state index contributed by atoms with van der Waals surface area (Å²) in [6, 6.07) is 0. The number of ether oxygens (including phenoxy) is 3. The van der Waals surface area contributed by atoms with E-state index in [1.165, 1.54) is 0 Å². The number of fused-ring (bicyclic) bond motifs is 2. The Morgan fingerprint density at radius 3 is 2.94 bits per heavy atom. The first kappa shape index (κ1) is 10.5. The topological polar surface area (TPSA) is 48.1 Å². The van der Waals surface area contributed by atoms with Gasteiger partial charge in [-0.1, -0.05) is 0 Å². The molecule has 0 aromatic heterocycles. The van der Waals surface area contributed by atoms with Crippen molar-refractivity contribution in [1.29, 1.82) is 0 Å². The first-order valence-corrected chi connectivity index (χ1v) is 6.59. The standard InChI is InChI=1S/C13H18O4/c1-11-7-12(8-16-12)10-4-6-15-13(11,17-10)5-2-3-9(11)14/h10H,2-8H2,1H3. The highest BCUT2D eigenvalue weighted by atomic mass is 16.7. The van der Waals surface area contributed by atoms with Gasteiger partial charge in [0.05, 0.1) is 24.7 Å². The minimum Gasteiger partial charge on any atom is -0.367 e. The van der Waals surface area contributed by atoms with Crippen LogP contribution in [-0.2, 0) is 19.0 Å². The Kier molecular flexibility index (Phi) is 1.80. The van der Waals surface area contributed by atoms with Gasteiger partial charge in [0.2, 0.25) is 0 Å². The van der Waals surface area contributed by atoms with Crippen molar-refractivity contribution in [3.63, 3.8) is 0 Å². The van der Waals surface area contributed by atoms with Crippen molar-refractivity contribution in [2.24, 2.45) is 5.41 Å². The number of carbonyl (C=O) groups is 1. The van der Waals surface area contributed by atoms with Gasteiger partial charge in [0.1, 0.15) is 11.4 Å². The predicted octanol–water partition coefficient (Wildman–Crippen LogP) is 1.42. The summed E-state index contributed by atoms with van der Waals surface area (Å²) in [6.07, 6.45) is 4.20. The normalized spacial score (nSPS) is 56.8. The molecule has 0 aromatic carbocycles. The van der Waals surface area contributed by atoms with Crippen LogP contribution in [0.25, 0.3) is 0 Å². The third-order valence-corrected chi connectivity index (χ3v) is 5.17. The number of hydrogen-bond donors (Lipinski definition) is 0. The van der Waals surface area contributed by atoms with Crippen molar-refractivity contribution < 1.29 is 19.0 Å². The molecule has 4 rings (SSSR count). The Labute approximate surface area is 101 Å². The number of hydrogen-bond acceptors (Lipinski definition) is 4. The molecule has 4 atom stereocenters. The van der Waals surface area contributed by atoms with Crippen LogP contribution >= 0.6 is 0 Å². The zero-order valence-corrected chi connectivity index (χ0v) is 10.2. The monoisotopic (exact) mass is 238 g/mol. The van der Waals surface area contributed by atoms with Crippen molar-refractivity contribution in [2.75, 3.05) is 13.2 Å². The summed E-state index contributed by atoms with van der Waals surface area (Å²) in [4.78, 5) is 12.3. The van der Waals surface area contributed by atoms with Gasteiger partial charge in [-0.2, -0.15) is 0 Å². The third kappa shape index (κ3) is 1.12. The second kappa shape index (κ2) is 2.92. The molecule has 2 bridgehead atoms. The van der Waals surface area contributed by atoms with Crippen LogP contribution in [0.2, 0.25) is 0 Å². The number of epoxide rings is 1. The van der Waals surface area contributed by atoms with Gasteiger partial charge >= 0.3 is 0 Å². The molecule has 1 saturated carbocycles. The number of carbonyl (C=O) groups excluding carboxylic acids is 1. The summed E-state index contributed by atoms with van der Waals surface area (Å²) in [5.41, 5.74) is -0.673. The molecule has 17 heavy (non-hydrogen) atoms. The molecule has 2 spiro atoms. The lowest BCUT2D eigenvalue weighted by atomic mass is 9.61. The molecule has 3 aliphatic heterocycles. The molecule has 0 N–H and O–H groups in total. The average molecular weight is 238 g/mol. The quantitative estimate of drug-likeness (QED) is 0.599. The molecule has 4 heteroatoms. The summed E-state index contributed by atoms with van der Waals surface area (Å²) >= 11 is 0. The molecule has 4 aliphatic rings. The number of Topliss-reactive ketones (excluding diaryl/α,β-unsaturated/α-hetero) is 1. The van der Waals surface area contributed by atoms with E-state index in [0.717, 1.165) is 32.3 Å². The van der Waals surface area contributed by atoms with Gasteiger partial charge in [-0.25, -0.2) is 0 Å². The lowest BCUT2D eigenvalue weighted by Crippen LogP contribution is -2.68. The van der Waals surface area contributed by atoms with Crippen molar-refractivity contribution >= 4 is 5.78 Å². The molecule has 1 aliphatic carbocycles.